The fourth-order valence-corrected chi connectivity index (χ4v) is 1.95. The molecule has 0 atom stereocenters. The van der Waals surface area contributed by atoms with Gasteiger partial charge in [-0.15, -0.1) is 11.8 Å². The Bertz CT molecular complexity index is 305. The highest BCUT2D eigenvalue weighted by Gasteiger charge is 2.06. The molecule has 2 N–H and O–H groups in total. The molecule has 0 unspecified atom stereocenters. The molecule has 0 heterocycles. The van der Waals surface area contributed by atoms with Gasteiger partial charge in [-0.1, -0.05) is 6.07 Å². The molecule has 0 aliphatic rings. The zero-order valence-electron chi connectivity index (χ0n) is 9.16. The molecule has 4 heteroatoms. The first-order valence-corrected chi connectivity index (χ1v) is 6.03. The van der Waals surface area contributed by atoms with Gasteiger partial charge in [-0.05, 0) is 18.4 Å². The Hall–Kier alpha value is -0.710. The van der Waals surface area contributed by atoms with Crippen molar-refractivity contribution >= 4 is 11.8 Å². The summed E-state index contributed by atoms with van der Waals surface area (Å²) in [6, 6.07) is 5.97. The molecule has 84 valence electrons. The summed E-state index contributed by atoms with van der Waals surface area (Å²) in [5.74, 6) is 0.862. The maximum Gasteiger partial charge on any atom is 0.125 e. The standard InChI is InChI=1S/C11H17NO2S/c1-13-6-7-14-10-4-3-5-11(15-2)9(10)8-12/h3-5H,6-8,12H2,1-2H3. The van der Waals surface area contributed by atoms with Crippen molar-refractivity contribution in [2.75, 3.05) is 26.6 Å². The van der Waals surface area contributed by atoms with E-state index in [4.69, 9.17) is 15.2 Å². The largest absolute Gasteiger partial charge is 0.491 e. The predicted octanol–water partition coefficient (Wildman–Crippen LogP) is 1.89. The number of benzene rings is 1. The molecular formula is C11H17NO2S. The van der Waals surface area contributed by atoms with E-state index in [1.807, 2.05) is 18.4 Å². The van der Waals surface area contributed by atoms with E-state index in [1.54, 1.807) is 18.9 Å². The van der Waals surface area contributed by atoms with Gasteiger partial charge < -0.3 is 15.2 Å². The Kier molecular flexibility index (Phi) is 5.53. The molecule has 0 aliphatic carbocycles. The van der Waals surface area contributed by atoms with Crippen LogP contribution in [0, 0.1) is 0 Å². The maximum absolute atomic E-state index is 5.71. The summed E-state index contributed by atoms with van der Waals surface area (Å²) < 4.78 is 10.5. The number of rotatable bonds is 6. The van der Waals surface area contributed by atoms with Crippen molar-refractivity contribution in [1.29, 1.82) is 0 Å². The van der Waals surface area contributed by atoms with Gasteiger partial charge in [-0.3, -0.25) is 0 Å². The number of ether oxygens (including phenoxy) is 2. The van der Waals surface area contributed by atoms with Gasteiger partial charge in [0.1, 0.15) is 12.4 Å². The van der Waals surface area contributed by atoms with Crippen LogP contribution in [0.1, 0.15) is 5.56 Å². The Labute approximate surface area is 94.9 Å². The Balaban J connectivity index is 2.76. The van der Waals surface area contributed by atoms with Crippen molar-refractivity contribution in [3.05, 3.63) is 23.8 Å². The lowest BCUT2D eigenvalue weighted by Crippen LogP contribution is -2.08. The average Bonchev–Trinajstić information content (AvgIpc) is 2.29. The molecule has 0 aromatic heterocycles. The Morgan fingerprint density at radius 3 is 2.73 bits per heavy atom. The topological polar surface area (TPSA) is 44.5 Å². The van der Waals surface area contributed by atoms with Crippen molar-refractivity contribution in [3.63, 3.8) is 0 Å². The van der Waals surface area contributed by atoms with E-state index in [0.717, 1.165) is 11.3 Å². The third-order valence-corrected chi connectivity index (χ3v) is 2.88. The van der Waals surface area contributed by atoms with E-state index in [-0.39, 0.29) is 0 Å². The minimum Gasteiger partial charge on any atom is -0.491 e. The van der Waals surface area contributed by atoms with Crippen molar-refractivity contribution in [2.24, 2.45) is 5.73 Å². The van der Waals surface area contributed by atoms with Crippen LogP contribution in [0.3, 0.4) is 0 Å². The molecule has 0 saturated carbocycles. The molecular weight excluding hydrogens is 210 g/mol. The van der Waals surface area contributed by atoms with E-state index < -0.39 is 0 Å². The zero-order valence-corrected chi connectivity index (χ0v) is 9.97. The highest BCUT2D eigenvalue weighted by Crippen LogP contribution is 2.28. The highest BCUT2D eigenvalue weighted by atomic mass is 32.2. The molecule has 1 aromatic carbocycles. The summed E-state index contributed by atoms with van der Waals surface area (Å²) in [7, 11) is 1.66. The number of nitrogens with two attached hydrogens (primary N) is 1. The van der Waals surface area contributed by atoms with Crippen LogP contribution in [0.2, 0.25) is 0 Å². The summed E-state index contributed by atoms with van der Waals surface area (Å²) in [5.41, 5.74) is 6.78. The van der Waals surface area contributed by atoms with Gasteiger partial charge in [-0.25, -0.2) is 0 Å². The lowest BCUT2D eigenvalue weighted by atomic mass is 10.2. The van der Waals surface area contributed by atoms with Crippen molar-refractivity contribution < 1.29 is 9.47 Å². The average molecular weight is 227 g/mol. The van der Waals surface area contributed by atoms with Crippen molar-refractivity contribution in [2.45, 2.75) is 11.4 Å². The monoisotopic (exact) mass is 227 g/mol. The van der Waals surface area contributed by atoms with Crippen LogP contribution in [0.5, 0.6) is 5.75 Å². The first-order valence-electron chi connectivity index (χ1n) is 4.81. The molecule has 15 heavy (non-hydrogen) atoms. The Morgan fingerprint density at radius 2 is 2.13 bits per heavy atom. The first kappa shape index (κ1) is 12.4. The maximum atomic E-state index is 5.71. The van der Waals surface area contributed by atoms with E-state index in [2.05, 4.69) is 6.07 Å². The van der Waals surface area contributed by atoms with Gasteiger partial charge in [-0.2, -0.15) is 0 Å². The molecule has 0 saturated heterocycles. The third-order valence-electron chi connectivity index (χ3n) is 2.06. The van der Waals surface area contributed by atoms with Crippen LogP contribution in [0.4, 0.5) is 0 Å². The predicted molar refractivity (Wildman–Crippen MR) is 63.5 cm³/mol. The van der Waals surface area contributed by atoms with E-state index >= 15 is 0 Å². The van der Waals surface area contributed by atoms with Gasteiger partial charge in [0.25, 0.3) is 0 Å². The lowest BCUT2D eigenvalue weighted by molar-refractivity contribution is 0.145. The van der Waals surface area contributed by atoms with Crippen LogP contribution >= 0.6 is 11.8 Å². The van der Waals surface area contributed by atoms with Gasteiger partial charge in [0.15, 0.2) is 0 Å². The Morgan fingerprint density at radius 1 is 1.33 bits per heavy atom. The van der Waals surface area contributed by atoms with Crippen molar-refractivity contribution in [3.8, 4) is 5.75 Å². The van der Waals surface area contributed by atoms with Crippen molar-refractivity contribution in [1.82, 2.24) is 0 Å². The van der Waals surface area contributed by atoms with Crippen LogP contribution in [0.15, 0.2) is 23.1 Å². The SMILES string of the molecule is COCCOc1cccc(SC)c1CN. The number of thioether (sulfide) groups is 1. The fraction of sp³-hybridized carbons (Fsp3) is 0.455. The van der Waals surface area contributed by atoms with Gasteiger partial charge >= 0.3 is 0 Å². The molecule has 0 amide bonds. The summed E-state index contributed by atoms with van der Waals surface area (Å²) in [6.07, 6.45) is 2.04. The van der Waals surface area contributed by atoms with Gasteiger partial charge in [0, 0.05) is 24.1 Å². The number of hydrogen-bond donors (Lipinski definition) is 1. The van der Waals surface area contributed by atoms with Gasteiger partial charge in [0.05, 0.1) is 6.61 Å². The van der Waals surface area contributed by atoms with E-state index in [1.165, 1.54) is 4.90 Å². The first-order chi connectivity index (χ1) is 7.33. The number of methoxy groups -OCH3 is 1. The molecule has 0 spiro atoms. The smallest absolute Gasteiger partial charge is 0.125 e. The second kappa shape index (κ2) is 6.71. The quantitative estimate of drug-likeness (QED) is 0.595. The number of hydrogen-bond acceptors (Lipinski definition) is 4. The summed E-state index contributed by atoms with van der Waals surface area (Å²) >= 11 is 1.68. The highest BCUT2D eigenvalue weighted by molar-refractivity contribution is 7.98. The normalized spacial score (nSPS) is 10.3. The fourth-order valence-electron chi connectivity index (χ4n) is 1.31. The summed E-state index contributed by atoms with van der Waals surface area (Å²) in [4.78, 5) is 1.17. The molecule has 3 nitrogen and oxygen atoms in total. The molecule has 0 radical (unpaired) electrons. The summed E-state index contributed by atoms with van der Waals surface area (Å²) in [6.45, 7) is 1.65. The molecule has 0 fully saturated rings. The van der Waals surface area contributed by atoms with Crippen LogP contribution in [-0.4, -0.2) is 26.6 Å². The second-order valence-electron chi connectivity index (χ2n) is 2.98. The second-order valence-corrected chi connectivity index (χ2v) is 3.83. The van der Waals surface area contributed by atoms with Crippen LogP contribution in [0.25, 0.3) is 0 Å². The molecule has 1 rings (SSSR count). The van der Waals surface area contributed by atoms with Crippen LogP contribution in [-0.2, 0) is 11.3 Å². The zero-order chi connectivity index (χ0) is 11.1. The minimum absolute atomic E-state index is 0.499. The molecule has 0 bridgehead atoms. The van der Waals surface area contributed by atoms with E-state index in [0.29, 0.717) is 19.8 Å². The third kappa shape index (κ3) is 3.41. The lowest BCUT2D eigenvalue weighted by Gasteiger charge is -2.12. The van der Waals surface area contributed by atoms with E-state index in [9.17, 15) is 0 Å². The molecule has 1 aromatic rings. The summed E-state index contributed by atoms with van der Waals surface area (Å²) in [5, 5.41) is 0. The molecule has 0 aliphatic heterocycles. The van der Waals surface area contributed by atoms with Gasteiger partial charge in [0.2, 0.25) is 0 Å². The van der Waals surface area contributed by atoms with Crippen LogP contribution < -0.4 is 10.5 Å². The minimum atomic E-state index is 0.499.